The van der Waals surface area contributed by atoms with E-state index in [1.807, 2.05) is 29.2 Å². The molecule has 0 fully saturated rings. The van der Waals surface area contributed by atoms with E-state index in [4.69, 9.17) is 10.1 Å². The first kappa shape index (κ1) is 18.3. The number of hydrogen-bond donors (Lipinski definition) is 1. The molecule has 0 aliphatic carbocycles. The van der Waals surface area contributed by atoms with E-state index in [1.165, 1.54) is 11.1 Å². The molecule has 5 rings (SSSR count). The number of aryl methyl sites for hydroxylation is 2. The van der Waals surface area contributed by atoms with Crippen molar-refractivity contribution < 1.29 is 0 Å². The lowest BCUT2D eigenvalue weighted by Gasteiger charge is -2.02. The number of pyridine rings is 1. The van der Waals surface area contributed by atoms with E-state index in [2.05, 4.69) is 70.8 Å². The summed E-state index contributed by atoms with van der Waals surface area (Å²) in [5.41, 5.74) is 6.63. The third kappa shape index (κ3) is 4.15. The first-order valence-corrected chi connectivity index (χ1v) is 10.3. The van der Waals surface area contributed by atoms with Crippen LogP contribution in [0.2, 0.25) is 0 Å². The second-order valence-corrected chi connectivity index (χ2v) is 7.51. The van der Waals surface area contributed by atoms with Crippen molar-refractivity contribution >= 4 is 11.0 Å². The van der Waals surface area contributed by atoms with Crippen LogP contribution in [0.4, 0.5) is 0 Å². The Morgan fingerprint density at radius 1 is 0.900 bits per heavy atom. The highest BCUT2D eigenvalue weighted by molar-refractivity contribution is 5.81. The minimum Gasteiger partial charge on any atom is -0.342 e. The average molecular weight is 393 g/mol. The molecule has 148 valence electrons. The summed E-state index contributed by atoms with van der Waals surface area (Å²) in [6.45, 7) is 0.891. The van der Waals surface area contributed by atoms with Gasteiger partial charge in [-0.05, 0) is 48.2 Å². The van der Waals surface area contributed by atoms with Crippen molar-refractivity contribution in [2.75, 3.05) is 0 Å². The Kier molecular flexibility index (Phi) is 5.08. The zero-order valence-corrected chi connectivity index (χ0v) is 16.7. The van der Waals surface area contributed by atoms with Crippen molar-refractivity contribution in [1.29, 1.82) is 0 Å². The van der Waals surface area contributed by atoms with Crippen molar-refractivity contribution in [3.8, 4) is 11.3 Å². The number of H-pyrrole nitrogens is 1. The lowest BCUT2D eigenvalue weighted by molar-refractivity contribution is 0.580. The second-order valence-electron chi connectivity index (χ2n) is 7.51. The van der Waals surface area contributed by atoms with E-state index < -0.39 is 0 Å². The number of rotatable bonds is 7. The lowest BCUT2D eigenvalue weighted by atomic mass is 10.1. The fourth-order valence-electron chi connectivity index (χ4n) is 3.73. The molecule has 0 radical (unpaired) electrons. The van der Waals surface area contributed by atoms with Crippen LogP contribution in [-0.2, 0) is 19.4 Å². The van der Waals surface area contributed by atoms with Crippen molar-refractivity contribution in [1.82, 2.24) is 24.7 Å². The number of aromatic nitrogens is 5. The Morgan fingerprint density at radius 2 is 1.80 bits per heavy atom. The van der Waals surface area contributed by atoms with Gasteiger partial charge in [0.1, 0.15) is 5.82 Å². The number of hydrogen-bond acceptors (Lipinski definition) is 3. The highest BCUT2D eigenvalue weighted by Crippen LogP contribution is 2.23. The Labute approximate surface area is 175 Å². The minimum atomic E-state index is 0.802. The van der Waals surface area contributed by atoms with Gasteiger partial charge in [0, 0.05) is 37.1 Å². The average Bonchev–Trinajstić information content (AvgIpc) is 3.41. The lowest BCUT2D eigenvalue weighted by Crippen LogP contribution is -2.00. The molecule has 30 heavy (non-hydrogen) atoms. The summed E-state index contributed by atoms with van der Waals surface area (Å²) < 4.78 is 2.02. The smallest absolute Gasteiger partial charge is 0.111 e. The molecule has 5 heteroatoms. The SMILES string of the molecule is c1ccc(Cc2nc3ccc(-c4ccn(CCCc5cccnc5)n4)cc3[nH]2)cc1. The van der Waals surface area contributed by atoms with Crippen molar-refractivity contribution in [3.63, 3.8) is 0 Å². The summed E-state index contributed by atoms with van der Waals surface area (Å²) in [5, 5.41) is 4.76. The monoisotopic (exact) mass is 393 g/mol. The first-order valence-electron chi connectivity index (χ1n) is 10.3. The molecule has 0 atom stereocenters. The number of benzene rings is 2. The Balaban J connectivity index is 1.28. The molecule has 3 aromatic heterocycles. The van der Waals surface area contributed by atoms with Gasteiger partial charge in [0.15, 0.2) is 0 Å². The van der Waals surface area contributed by atoms with Crippen LogP contribution in [0.1, 0.15) is 23.4 Å². The summed E-state index contributed by atoms with van der Waals surface area (Å²) in [7, 11) is 0. The molecule has 5 nitrogen and oxygen atoms in total. The fourth-order valence-corrected chi connectivity index (χ4v) is 3.73. The first-order chi connectivity index (χ1) is 14.8. The third-order valence-electron chi connectivity index (χ3n) is 5.26. The number of fused-ring (bicyclic) bond motifs is 1. The topological polar surface area (TPSA) is 59.4 Å². The van der Waals surface area contributed by atoms with Gasteiger partial charge in [-0.3, -0.25) is 9.67 Å². The molecule has 0 aliphatic rings. The molecule has 0 unspecified atom stereocenters. The number of imidazole rings is 1. The van der Waals surface area contributed by atoms with E-state index in [0.717, 1.165) is 53.9 Å². The summed E-state index contributed by atoms with van der Waals surface area (Å²) in [4.78, 5) is 12.4. The van der Waals surface area contributed by atoms with Gasteiger partial charge >= 0.3 is 0 Å². The van der Waals surface area contributed by atoms with Crippen LogP contribution in [0.3, 0.4) is 0 Å². The molecule has 0 amide bonds. The maximum Gasteiger partial charge on any atom is 0.111 e. The van der Waals surface area contributed by atoms with Crippen LogP contribution in [0.15, 0.2) is 85.3 Å². The van der Waals surface area contributed by atoms with Gasteiger partial charge < -0.3 is 4.98 Å². The van der Waals surface area contributed by atoms with Crippen LogP contribution >= 0.6 is 0 Å². The predicted octanol–water partition coefficient (Wildman–Crippen LogP) is 5.05. The molecular formula is C25H23N5. The van der Waals surface area contributed by atoms with Crippen molar-refractivity contribution in [2.45, 2.75) is 25.8 Å². The zero-order valence-electron chi connectivity index (χ0n) is 16.7. The second kappa shape index (κ2) is 8.33. The molecular weight excluding hydrogens is 370 g/mol. The largest absolute Gasteiger partial charge is 0.342 e. The highest BCUT2D eigenvalue weighted by atomic mass is 15.3. The number of nitrogens with one attached hydrogen (secondary N) is 1. The molecule has 0 aliphatic heterocycles. The van der Waals surface area contributed by atoms with Gasteiger partial charge in [0.25, 0.3) is 0 Å². The Bertz CT molecular complexity index is 1240. The predicted molar refractivity (Wildman–Crippen MR) is 119 cm³/mol. The van der Waals surface area contributed by atoms with E-state index in [0.29, 0.717) is 0 Å². The highest BCUT2D eigenvalue weighted by Gasteiger charge is 2.08. The van der Waals surface area contributed by atoms with Gasteiger partial charge in [-0.15, -0.1) is 0 Å². The fraction of sp³-hybridized carbons (Fsp3) is 0.160. The molecule has 5 aromatic rings. The normalized spacial score (nSPS) is 11.2. The molecule has 0 bridgehead atoms. The van der Waals surface area contributed by atoms with Crippen LogP contribution in [0.5, 0.6) is 0 Å². The van der Waals surface area contributed by atoms with Crippen molar-refractivity contribution in [3.05, 3.63) is 102 Å². The molecule has 0 saturated carbocycles. The standard InChI is InChI=1S/C25H23N5/c1-2-6-19(7-3-1)16-25-27-23-11-10-21(17-24(23)28-25)22-12-15-30(29-22)14-5-9-20-8-4-13-26-18-20/h1-4,6-8,10-13,15,17-18H,5,9,14,16H2,(H,27,28). The maximum absolute atomic E-state index is 4.76. The quantitative estimate of drug-likeness (QED) is 0.421. The van der Waals surface area contributed by atoms with Crippen LogP contribution in [0.25, 0.3) is 22.3 Å². The summed E-state index contributed by atoms with van der Waals surface area (Å²) in [5.74, 6) is 0.981. The summed E-state index contributed by atoms with van der Waals surface area (Å²) in [6.07, 6.45) is 8.64. The Hall–Kier alpha value is -3.73. The summed E-state index contributed by atoms with van der Waals surface area (Å²) >= 11 is 0. The van der Waals surface area contributed by atoms with Gasteiger partial charge in [-0.2, -0.15) is 5.10 Å². The molecule has 3 heterocycles. The third-order valence-corrected chi connectivity index (χ3v) is 5.26. The number of aromatic amines is 1. The van der Waals surface area contributed by atoms with E-state index >= 15 is 0 Å². The van der Waals surface area contributed by atoms with Crippen LogP contribution in [0, 0.1) is 0 Å². The summed E-state index contributed by atoms with van der Waals surface area (Å²) in [6, 6.07) is 22.9. The zero-order chi connectivity index (χ0) is 20.2. The van der Waals surface area contributed by atoms with Gasteiger partial charge in [0.2, 0.25) is 0 Å². The molecule has 2 aromatic carbocycles. The maximum atomic E-state index is 4.76. The molecule has 0 saturated heterocycles. The van der Waals surface area contributed by atoms with Gasteiger partial charge in [-0.25, -0.2) is 4.98 Å². The van der Waals surface area contributed by atoms with Gasteiger partial charge in [-0.1, -0.05) is 42.5 Å². The number of nitrogens with zero attached hydrogens (tertiary/aromatic N) is 4. The minimum absolute atomic E-state index is 0.802. The van der Waals surface area contributed by atoms with Crippen molar-refractivity contribution in [2.24, 2.45) is 0 Å². The van der Waals surface area contributed by atoms with Crippen LogP contribution in [-0.4, -0.2) is 24.7 Å². The molecule has 0 spiro atoms. The molecule has 1 N–H and O–H groups in total. The van der Waals surface area contributed by atoms with Crippen LogP contribution < -0.4 is 0 Å². The van der Waals surface area contributed by atoms with Gasteiger partial charge in [0.05, 0.1) is 16.7 Å². The van der Waals surface area contributed by atoms with E-state index in [1.54, 1.807) is 0 Å². The van der Waals surface area contributed by atoms with E-state index in [9.17, 15) is 0 Å². The Morgan fingerprint density at radius 3 is 2.67 bits per heavy atom. The van der Waals surface area contributed by atoms with E-state index in [-0.39, 0.29) is 0 Å².